The van der Waals surface area contributed by atoms with E-state index in [4.69, 9.17) is 0 Å². The van der Waals surface area contributed by atoms with Crippen LogP contribution in [0.25, 0.3) is 12.2 Å². The highest BCUT2D eigenvalue weighted by Crippen LogP contribution is 2.24. The topological polar surface area (TPSA) is 26.3 Å². The normalized spacial score (nSPS) is 11.6. The lowest BCUT2D eigenvalue weighted by Crippen LogP contribution is -2.17. The van der Waals surface area contributed by atoms with Gasteiger partial charge in [-0.05, 0) is 23.3 Å². The molecule has 0 aliphatic carbocycles. The third-order valence-electron chi connectivity index (χ3n) is 2.63. The number of benzene rings is 2. The van der Waals surface area contributed by atoms with Crippen LogP contribution in [0.2, 0.25) is 0 Å². The summed E-state index contributed by atoms with van der Waals surface area (Å²) in [4.78, 5) is 10.5. The molecule has 0 saturated carbocycles. The third-order valence-corrected chi connectivity index (χ3v) is 2.63. The molecule has 0 aromatic heterocycles. The number of rotatable bonds is 4. The van der Waals surface area contributed by atoms with E-state index in [0.717, 1.165) is 11.8 Å². The van der Waals surface area contributed by atoms with Crippen molar-refractivity contribution in [3.63, 3.8) is 0 Å². The molecule has 0 N–H and O–H groups in total. The first-order valence-corrected chi connectivity index (χ1v) is 6.05. The van der Waals surface area contributed by atoms with E-state index in [2.05, 4.69) is 4.74 Å². The summed E-state index contributed by atoms with van der Waals surface area (Å²) in [6, 6.07) is 12.5. The Morgan fingerprint density at radius 2 is 1.48 bits per heavy atom. The summed E-state index contributed by atoms with van der Waals surface area (Å²) in [5, 5.41) is 0. The average molecular weight is 292 g/mol. The van der Waals surface area contributed by atoms with Gasteiger partial charge in [-0.15, -0.1) is 13.2 Å². The zero-order chi connectivity index (χ0) is 15.3. The van der Waals surface area contributed by atoms with Gasteiger partial charge in [0.15, 0.2) is 0 Å². The molecule has 2 aromatic carbocycles. The fraction of sp³-hybridized carbons (Fsp3) is 0.0625. The van der Waals surface area contributed by atoms with Gasteiger partial charge in [-0.25, -0.2) is 0 Å². The Labute approximate surface area is 119 Å². The molecule has 0 amide bonds. The Hall–Kier alpha value is -2.56. The first-order valence-electron chi connectivity index (χ1n) is 6.05. The summed E-state index contributed by atoms with van der Waals surface area (Å²) >= 11 is 0. The number of hydrogen-bond acceptors (Lipinski definition) is 2. The molecule has 0 heterocycles. The fourth-order valence-electron chi connectivity index (χ4n) is 1.69. The molecule has 21 heavy (non-hydrogen) atoms. The van der Waals surface area contributed by atoms with Crippen LogP contribution in [-0.2, 0) is 0 Å². The Balaban J connectivity index is 2.13. The van der Waals surface area contributed by atoms with Gasteiger partial charge >= 0.3 is 6.36 Å². The summed E-state index contributed by atoms with van der Waals surface area (Å²) in [6.07, 6.45) is -0.557. The predicted molar refractivity (Wildman–Crippen MR) is 73.9 cm³/mol. The first-order chi connectivity index (χ1) is 9.96. The molecule has 0 fully saturated rings. The van der Waals surface area contributed by atoms with Crippen molar-refractivity contribution in [1.29, 1.82) is 0 Å². The van der Waals surface area contributed by atoms with E-state index in [1.165, 1.54) is 18.2 Å². The molecule has 0 unspecified atom stereocenters. The number of carbonyl (C=O) groups is 1. The molecule has 108 valence electrons. The summed E-state index contributed by atoms with van der Waals surface area (Å²) in [5.74, 6) is -0.263. The maximum absolute atomic E-state index is 12.1. The number of aldehydes is 1. The van der Waals surface area contributed by atoms with Crippen molar-refractivity contribution in [3.8, 4) is 5.75 Å². The van der Waals surface area contributed by atoms with Gasteiger partial charge in [-0.2, -0.15) is 0 Å². The van der Waals surface area contributed by atoms with E-state index in [0.29, 0.717) is 11.1 Å². The van der Waals surface area contributed by atoms with Crippen LogP contribution in [0.15, 0.2) is 48.5 Å². The van der Waals surface area contributed by atoms with Crippen molar-refractivity contribution in [1.82, 2.24) is 0 Å². The second-order valence-electron chi connectivity index (χ2n) is 4.24. The van der Waals surface area contributed by atoms with Crippen molar-refractivity contribution in [3.05, 3.63) is 65.2 Å². The number of carbonyl (C=O) groups excluding carboxylic acids is 1. The molecule has 0 bridgehead atoms. The van der Waals surface area contributed by atoms with Crippen molar-refractivity contribution >= 4 is 18.4 Å². The molecule has 0 saturated heterocycles. The standard InChI is InChI=1S/C16H11F3O2/c17-16(18,19)21-15-3-1-2-13(10-15)7-4-12-5-8-14(11-20)9-6-12/h1-11H/b7-4+. The van der Waals surface area contributed by atoms with Gasteiger partial charge < -0.3 is 4.74 Å². The van der Waals surface area contributed by atoms with Gasteiger partial charge in [0.2, 0.25) is 0 Å². The van der Waals surface area contributed by atoms with Gasteiger partial charge in [0.1, 0.15) is 12.0 Å². The van der Waals surface area contributed by atoms with Crippen LogP contribution in [-0.4, -0.2) is 12.6 Å². The molecular weight excluding hydrogens is 281 g/mol. The van der Waals surface area contributed by atoms with E-state index >= 15 is 0 Å². The first kappa shape index (κ1) is 14.8. The Kier molecular flexibility index (Phi) is 4.42. The number of halogens is 3. The minimum Gasteiger partial charge on any atom is -0.406 e. The van der Waals surface area contributed by atoms with E-state index in [1.807, 2.05) is 0 Å². The van der Waals surface area contributed by atoms with Crippen LogP contribution >= 0.6 is 0 Å². The SMILES string of the molecule is O=Cc1ccc(/C=C/c2cccc(OC(F)(F)F)c2)cc1. The van der Waals surface area contributed by atoms with E-state index < -0.39 is 6.36 Å². The number of ether oxygens (including phenoxy) is 1. The lowest BCUT2D eigenvalue weighted by Gasteiger charge is -2.08. The molecule has 2 nitrogen and oxygen atoms in total. The molecule has 0 atom stereocenters. The largest absolute Gasteiger partial charge is 0.573 e. The zero-order valence-electron chi connectivity index (χ0n) is 10.8. The van der Waals surface area contributed by atoms with Gasteiger partial charge in [-0.1, -0.05) is 48.6 Å². The van der Waals surface area contributed by atoms with Gasteiger partial charge in [0.25, 0.3) is 0 Å². The van der Waals surface area contributed by atoms with E-state index in [9.17, 15) is 18.0 Å². The maximum atomic E-state index is 12.1. The van der Waals surface area contributed by atoms with E-state index in [1.54, 1.807) is 42.5 Å². The summed E-state index contributed by atoms with van der Waals surface area (Å²) in [6.45, 7) is 0. The van der Waals surface area contributed by atoms with Crippen molar-refractivity contribution in [2.24, 2.45) is 0 Å². The van der Waals surface area contributed by atoms with Gasteiger partial charge in [0.05, 0.1) is 0 Å². The second-order valence-corrected chi connectivity index (χ2v) is 4.24. The summed E-state index contributed by atoms with van der Waals surface area (Å²) < 4.78 is 40.2. The molecule has 0 aliphatic rings. The molecule has 5 heteroatoms. The van der Waals surface area contributed by atoms with Crippen LogP contribution in [0.3, 0.4) is 0 Å². The highest BCUT2D eigenvalue weighted by Gasteiger charge is 2.30. The summed E-state index contributed by atoms with van der Waals surface area (Å²) in [5.41, 5.74) is 1.98. The molecule has 0 spiro atoms. The van der Waals surface area contributed by atoms with E-state index in [-0.39, 0.29) is 5.75 Å². The lowest BCUT2D eigenvalue weighted by atomic mass is 10.1. The molecule has 2 aromatic rings. The van der Waals surface area contributed by atoms with Crippen LogP contribution in [0.5, 0.6) is 5.75 Å². The van der Waals surface area contributed by atoms with Gasteiger partial charge in [0, 0.05) is 5.56 Å². The molecule has 0 aliphatic heterocycles. The number of alkyl halides is 3. The quantitative estimate of drug-likeness (QED) is 0.609. The number of hydrogen-bond donors (Lipinski definition) is 0. The Bertz CT molecular complexity index is 643. The smallest absolute Gasteiger partial charge is 0.406 e. The zero-order valence-corrected chi connectivity index (χ0v) is 10.8. The Morgan fingerprint density at radius 1 is 0.857 bits per heavy atom. The highest BCUT2D eigenvalue weighted by atomic mass is 19.4. The fourth-order valence-corrected chi connectivity index (χ4v) is 1.69. The molecule has 0 radical (unpaired) electrons. The van der Waals surface area contributed by atoms with Gasteiger partial charge in [-0.3, -0.25) is 4.79 Å². The lowest BCUT2D eigenvalue weighted by molar-refractivity contribution is -0.274. The van der Waals surface area contributed by atoms with Crippen molar-refractivity contribution < 1.29 is 22.7 Å². The monoisotopic (exact) mass is 292 g/mol. The minimum absolute atomic E-state index is 0.263. The maximum Gasteiger partial charge on any atom is 0.573 e. The molecular formula is C16H11F3O2. The van der Waals surface area contributed by atoms with Crippen LogP contribution in [0, 0.1) is 0 Å². The minimum atomic E-state index is -4.70. The third kappa shape index (κ3) is 4.80. The highest BCUT2D eigenvalue weighted by molar-refractivity contribution is 5.76. The Morgan fingerprint density at radius 3 is 2.10 bits per heavy atom. The second kappa shape index (κ2) is 6.26. The van der Waals surface area contributed by atoms with Crippen LogP contribution < -0.4 is 4.74 Å². The summed E-state index contributed by atoms with van der Waals surface area (Å²) in [7, 11) is 0. The van der Waals surface area contributed by atoms with Crippen LogP contribution in [0.1, 0.15) is 21.5 Å². The molecule has 2 rings (SSSR count). The van der Waals surface area contributed by atoms with Crippen molar-refractivity contribution in [2.45, 2.75) is 6.36 Å². The predicted octanol–water partition coefficient (Wildman–Crippen LogP) is 4.57. The van der Waals surface area contributed by atoms with Crippen LogP contribution in [0.4, 0.5) is 13.2 Å². The average Bonchev–Trinajstić information content (AvgIpc) is 2.44. The van der Waals surface area contributed by atoms with Crippen molar-refractivity contribution in [2.75, 3.05) is 0 Å².